The molecular formula is C3H14OSi4. The molecule has 8 heavy (non-hydrogen) atoms. The topological polar surface area (TPSA) is 9.23 Å². The summed E-state index contributed by atoms with van der Waals surface area (Å²) in [5, 5.41) is 0. The third-order valence-corrected chi connectivity index (χ3v) is 40.5. The van der Waals surface area contributed by atoms with Crippen LogP contribution in [0, 0.1) is 0 Å². The molecular weight excluding hydrogens is 164 g/mol. The van der Waals surface area contributed by atoms with E-state index in [0.29, 0.717) is 17.1 Å². The Balaban J connectivity index is 2.33. The average Bonchev–Trinajstić information content (AvgIpc) is 1.65. The zero-order valence-electron chi connectivity index (χ0n) is 5.74. The quantitative estimate of drug-likeness (QED) is 0.391. The molecule has 1 rings (SSSR count). The summed E-state index contributed by atoms with van der Waals surface area (Å²) in [4.78, 5) is 0. The van der Waals surface area contributed by atoms with Crippen molar-refractivity contribution in [2.75, 3.05) is 6.23 Å². The van der Waals surface area contributed by atoms with Crippen LogP contribution in [-0.4, -0.2) is 40.2 Å². The van der Waals surface area contributed by atoms with E-state index in [4.69, 9.17) is 4.43 Å². The second-order valence-corrected chi connectivity index (χ2v) is 31.4. The smallest absolute Gasteiger partial charge is 0.139 e. The van der Waals surface area contributed by atoms with Crippen LogP contribution in [0.2, 0.25) is 13.1 Å². The van der Waals surface area contributed by atoms with E-state index in [1.165, 1.54) is 6.23 Å². The Morgan fingerprint density at radius 3 is 2.50 bits per heavy atom. The fourth-order valence-electron chi connectivity index (χ4n) is 1.07. The lowest BCUT2D eigenvalue weighted by molar-refractivity contribution is 0.414. The maximum atomic E-state index is 5.58. The summed E-state index contributed by atoms with van der Waals surface area (Å²) in [6.07, 6.45) is 1.25. The summed E-state index contributed by atoms with van der Waals surface area (Å²) in [6.45, 7) is 5.03. The molecule has 0 aromatic heterocycles. The first-order chi connectivity index (χ1) is 3.71. The lowest BCUT2D eigenvalue weighted by atomic mass is 11.7. The predicted molar refractivity (Wildman–Crippen MR) is 49.1 cm³/mol. The second kappa shape index (κ2) is 2.61. The largest absolute Gasteiger partial charge is 0.432 e. The van der Waals surface area contributed by atoms with Gasteiger partial charge in [0, 0.05) is 23.3 Å². The molecule has 1 aliphatic heterocycles. The van der Waals surface area contributed by atoms with Gasteiger partial charge in [-0.2, -0.15) is 0 Å². The molecule has 0 bridgehead atoms. The third-order valence-electron chi connectivity index (χ3n) is 1.64. The molecule has 0 radical (unpaired) electrons. The second-order valence-electron chi connectivity index (χ2n) is 3.32. The Hall–Kier alpha value is 0.828. The molecule has 5 heteroatoms. The monoisotopic (exact) mass is 178 g/mol. The van der Waals surface area contributed by atoms with E-state index < -0.39 is 7.59 Å². The van der Waals surface area contributed by atoms with Gasteiger partial charge in [-0.1, -0.05) is 13.1 Å². The molecule has 48 valence electrons. The van der Waals surface area contributed by atoms with Gasteiger partial charge in [-0.05, 0) is 0 Å². The van der Waals surface area contributed by atoms with Gasteiger partial charge in [0.2, 0.25) is 0 Å². The fourth-order valence-corrected chi connectivity index (χ4v) is 55.0. The van der Waals surface area contributed by atoms with Gasteiger partial charge in [0.25, 0.3) is 0 Å². The van der Waals surface area contributed by atoms with Crippen molar-refractivity contribution in [3.63, 3.8) is 0 Å². The van der Waals surface area contributed by atoms with Crippen molar-refractivity contribution in [3.8, 4) is 0 Å². The number of hydrogen-bond acceptors (Lipinski definition) is 1. The highest BCUT2D eigenvalue weighted by Crippen LogP contribution is 2.01. The standard InChI is InChI=1S/C3H14OSi4/c1-8(2)3-4-5-6-7-8/h3,5-7H2,1-2H3. The van der Waals surface area contributed by atoms with Crippen LogP contribution >= 0.6 is 0 Å². The van der Waals surface area contributed by atoms with Crippen LogP contribution in [0.5, 0.6) is 0 Å². The minimum Gasteiger partial charge on any atom is -0.432 e. The van der Waals surface area contributed by atoms with E-state index in [9.17, 15) is 0 Å². The first-order valence-electron chi connectivity index (χ1n) is 3.28. The van der Waals surface area contributed by atoms with Crippen LogP contribution in [0.4, 0.5) is 0 Å². The molecule has 0 N–H and O–H groups in total. The highest BCUT2D eigenvalue weighted by molar-refractivity contribution is 7.53. The Bertz CT molecular complexity index is 75.4. The normalized spacial score (nSPS) is 36.8. The van der Waals surface area contributed by atoms with Crippen molar-refractivity contribution < 1.29 is 4.43 Å². The molecule has 1 saturated heterocycles. The minimum absolute atomic E-state index is 0.175. The molecule has 1 heterocycles. The predicted octanol–water partition coefficient (Wildman–Crippen LogP) is -1.99. The molecule has 1 fully saturated rings. The Morgan fingerprint density at radius 1 is 1.50 bits per heavy atom. The molecule has 0 atom stereocenters. The number of hydrogen-bond donors (Lipinski definition) is 0. The number of rotatable bonds is 0. The Morgan fingerprint density at radius 2 is 2.25 bits per heavy atom. The average molecular weight is 178 g/mol. The summed E-state index contributed by atoms with van der Waals surface area (Å²) in [6, 6.07) is 0. The molecule has 0 aromatic rings. The van der Waals surface area contributed by atoms with Crippen molar-refractivity contribution in [3.05, 3.63) is 0 Å². The highest BCUT2D eigenvalue weighted by Gasteiger charge is 2.24. The summed E-state index contributed by atoms with van der Waals surface area (Å²) < 4.78 is 5.58. The van der Waals surface area contributed by atoms with Crippen LogP contribution in [0.25, 0.3) is 0 Å². The van der Waals surface area contributed by atoms with Crippen LogP contribution in [0.15, 0.2) is 0 Å². The van der Waals surface area contributed by atoms with Crippen LogP contribution < -0.4 is 0 Å². The lowest BCUT2D eigenvalue weighted by Crippen LogP contribution is -2.50. The molecule has 0 aromatic carbocycles. The summed E-state index contributed by atoms with van der Waals surface area (Å²) in [5.74, 6) is 0. The van der Waals surface area contributed by atoms with Crippen molar-refractivity contribution in [1.29, 1.82) is 0 Å². The zero-order valence-corrected chi connectivity index (χ0v) is 11.0. The third kappa shape index (κ3) is 1.98. The van der Waals surface area contributed by atoms with Gasteiger partial charge in [0.05, 0.1) is 7.59 Å². The SMILES string of the molecule is C[Si]1(C)CO[SiH2][SiH2][SiH2]1. The summed E-state index contributed by atoms with van der Waals surface area (Å²) in [7, 11) is 0.670. The Labute approximate surface area is 58.2 Å². The molecule has 0 spiro atoms. The molecule has 1 nitrogen and oxygen atoms in total. The molecule has 0 aliphatic carbocycles. The summed E-state index contributed by atoms with van der Waals surface area (Å²) in [5.41, 5.74) is 0. The van der Waals surface area contributed by atoms with E-state index in [1.54, 1.807) is 0 Å². The van der Waals surface area contributed by atoms with Gasteiger partial charge in [-0.25, -0.2) is 0 Å². The van der Waals surface area contributed by atoms with Gasteiger partial charge in [-0.3, -0.25) is 0 Å². The lowest BCUT2D eigenvalue weighted by Gasteiger charge is -2.25. The maximum Gasteiger partial charge on any atom is 0.139 e. The Kier molecular flexibility index (Phi) is 2.26. The van der Waals surface area contributed by atoms with E-state index in [-0.39, 0.29) is 9.28 Å². The summed E-state index contributed by atoms with van der Waals surface area (Å²) >= 11 is 0. The van der Waals surface area contributed by atoms with Crippen molar-refractivity contribution in [2.24, 2.45) is 0 Å². The minimum atomic E-state index is -0.577. The van der Waals surface area contributed by atoms with E-state index in [1.807, 2.05) is 0 Å². The molecule has 0 saturated carbocycles. The van der Waals surface area contributed by atoms with E-state index in [2.05, 4.69) is 13.1 Å². The van der Waals surface area contributed by atoms with Crippen LogP contribution in [0.3, 0.4) is 0 Å². The fraction of sp³-hybridized carbons (Fsp3) is 1.00. The van der Waals surface area contributed by atoms with E-state index >= 15 is 0 Å². The maximum absolute atomic E-state index is 5.58. The van der Waals surface area contributed by atoms with E-state index in [0.717, 1.165) is 0 Å². The van der Waals surface area contributed by atoms with Gasteiger partial charge in [0.15, 0.2) is 0 Å². The van der Waals surface area contributed by atoms with Crippen molar-refractivity contribution >= 4 is 34.0 Å². The van der Waals surface area contributed by atoms with Crippen molar-refractivity contribution in [1.82, 2.24) is 0 Å². The van der Waals surface area contributed by atoms with Crippen LogP contribution in [0.1, 0.15) is 0 Å². The van der Waals surface area contributed by atoms with Gasteiger partial charge < -0.3 is 4.43 Å². The first-order valence-corrected chi connectivity index (χ1v) is 17.4. The zero-order chi connectivity index (χ0) is 6.04. The molecule has 0 amide bonds. The van der Waals surface area contributed by atoms with Gasteiger partial charge in [0.1, 0.15) is 9.28 Å². The van der Waals surface area contributed by atoms with Gasteiger partial charge in [-0.15, -0.1) is 0 Å². The van der Waals surface area contributed by atoms with Crippen LogP contribution in [-0.2, 0) is 4.43 Å². The highest BCUT2D eigenvalue weighted by atomic mass is 29.7. The molecule has 0 unspecified atom stereocenters. The van der Waals surface area contributed by atoms with Crippen molar-refractivity contribution in [2.45, 2.75) is 13.1 Å². The van der Waals surface area contributed by atoms with Gasteiger partial charge >= 0.3 is 0 Å². The first kappa shape index (κ1) is 6.94. The molecule has 1 aliphatic rings.